The summed E-state index contributed by atoms with van der Waals surface area (Å²) in [6, 6.07) is 26.8. The first-order valence-corrected chi connectivity index (χ1v) is 13.5. The summed E-state index contributed by atoms with van der Waals surface area (Å²) in [5.74, 6) is 2.67. The van der Waals surface area contributed by atoms with Gasteiger partial charge in [0.25, 0.3) is 5.56 Å². The summed E-state index contributed by atoms with van der Waals surface area (Å²) in [6.07, 6.45) is 1.94. The number of ether oxygens (including phenoxy) is 2. The zero-order valence-corrected chi connectivity index (χ0v) is 23.0. The highest BCUT2D eigenvalue weighted by Crippen LogP contribution is 2.43. The number of hydrogen-bond acceptors (Lipinski definition) is 8. The summed E-state index contributed by atoms with van der Waals surface area (Å²) in [5, 5.41) is 23.6. The van der Waals surface area contributed by atoms with Crippen molar-refractivity contribution in [2.45, 2.75) is 29.6 Å². The number of rotatable bonds is 8. The van der Waals surface area contributed by atoms with E-state index in [1.54, 1.807) is 7.11 Å². The Hall–Kier alpha value is -5.02. The first kappa shape index (κ1) is 28.1. The maximum Gasteiger partial charge on any atom is 0.280 e. The molecule has 0 unspecified atom stereocenters. The molecule has 0 radical (unpaired) electrons. The molecule has 0 amide bonds. The summed E-state index contributed by atoms with van der Waals surface area (Å²) in [6.45, 7) is -0.670. The van der Waals surface area contributed by atoms with Gasteiger partial charge in [-0.1, -0.05) is 78.7 Å². The summed E-state index contributed by atoms with van der Waals surface area (Å²) >= 11 is 0. The molecule has 0 aliphatic carbocycles. The number of imidazole rings is 1. The third-order valence-corrected chi connectivity index (χ3v) is 7.77. The molecule has 10 nitrogen and oxygen atoms in total. The predicted molar refractivity (Wildman–Crippen MR) is 157 cm³/mol. The fraction of sp³-hybridized carbons (Fsp3) is 0.219. The number of halogens is 1. The quantitative estimate of drug-likeness (QED) is 0.162. The van der Waals surface area contributed by atoms with Crippen LogP contribution in [0.15, 0.2) is 96.1 Å². The van der Waals surface area contributed by atoms with E-state index in [2.05, 4.69) is 20.3 Å². The number of alkyl halides is 1. The maximum absolute atomic E-state index is 15.9. The Labute approximate surface area is 245 Å². The van der Waals surface area contributed by atoms with Crippen LogP contribution in [0.2, 0.25) is 0 Å². The Balaban J connectivity index is 1.56. The summed E-state index contributed by atoms with van der Waals surface area (Å²) in [4.78, 5) is 24.9. The molecular weight excluding hydrogens is 553 g/mol. The molecule has 6 rings (SSSR count). The molecule has 1 aliphatic rings. The second kappa shape index (κ2) is 11.0. The third-order valence-electron chi connectivity index (χ3n) is 7.77. The van der Waals surface area contributed by atoms with Gasteiger partial charge in [-0.25, -0.2) is 9.37 Å². The molecule has 5 aromatic rings. The molecule has 11 heteroatoms. The van der Waals surface area contributed by atoms with Crippen molar-refractivity contribution < 1.29 is 24.1 Å². The minimum Gasteiger partial charge on any atom is -0.497 e. The van der Waals surface area contributed by atoms with Gasteiger partial charge in [0.1, 0.15) is 23.5 Å². The number of aliphatic hydroxyl groups excluding tert-OH is 2. The zero-order valence-electron chi connectivity index (χ0n) is 23.0. The first-order chi connectivity index (χ1) is 20.8. The Bertz CT molecular complexity index is 1800. The minimum atomic E-state index is -2.72. The molecule has 1 fully saturated rings. The van der Waals surface area contributed by atoms with Gasteiger partial charge in [-0.3, -0.25) is 14.3 Å². The Morgan fingerprint density at radius 3 is 2.26 bits per heavy atom. The highest BCUT2D eigenvalue weighted by Gasteiger charge is 2.57. The van der Waals surface area contributed by atoms with Crippen LogP contribution >= 0.6 is 0 Å². The molecule has 4 atom stereocenters. The average molecular weight is 582 g/mol. The van der Waals surface area contributed by atoms with Gasteiger partial charge in [0.15, 0.2) is 17.4 Å². The predicted octanol–water partition coefficient (Wildman–Crippen LogP) is 3.12. The van der Waals surface area contributed by atoms with Crippen LogP contribution in [0.4, 0.5) is 10.3 Å². The molecule has 0 bridgehead atoms. The topological polar surface area (TPSA) is 135 Å². The van der Waals surface area contributed by atoms with E-state index in [0.717, 1.165) is 21.3 Å². The van der Waals surface area contributed by atoms with Crippen molar-refractivity contribution in [2.24, 2.45) is 0 Å². The number of nitrogens with one attached hydrogen (secondary N) is 2. The molecule has 1 saturated heterocycles. The minimum absolute atomic E-state index is 0.0379. The second-order valence-electron chi connectivity index (χ2n) is 10.1. The molecule has 4 N–H and O–H groups in total. The van der Waals surface area contributed by atoms with Gasteiger partial charge in [-0.2, -0.15) is 4.98 Å². The molecule has 218 valence electrons. The summed E-state index contributed by atoms with van der Waals surface area (Å²) < 4.78 is 28.1. The van der Waals surface area contributed by atoms with E-state index in [0.29, 0.717) is 5.75 Å². The van der Waals surface area contributed by atoms with E-state index in [1.165, 1.54) is 6.33 Å². The summed E-state index contributed by atoms with van der Waals surface area (Å²) in [7, 11) is 1.59. The number of aromatic nitrogens is 4. The zero-order chi connectivity index (χ0) is 30.2. The van der Waals surface area contributed by atoms with Crippen LogP contribution in [0.25, 0.3) is 11.2 Å². The Kier molecular flexibility index (Phi) is 7.19. The highest BCUT2D eigenvalue weighted by atomic mass is 19.1. The van der Waals surface area contributed by atoms with E-state index >= 15 is 4.39 Å². The molecule has 1 aliphatic heterocycles. The number of hydrogen-bond donors (Lipinski definition) is 4. The van der Waals surface area contributed by atoms with Gasteiger partial charge in [0, 0.05) is 0 Å². The van der Waals surface area contributed by atoms with Crippen molar-refractivity contribution >= 4 is 17.1 Å². The standard InChI is InChI=1S/C32H28FN5O5/c1-3-31(33)26(40)24(18-39)43-29(31)38-19-34-25-27(38)35-30(36-28(25)41)37-32(20-10-6-4-7-11-20,21-12-8-5-9-13-21)22-14-16-23(42-2)17-15-22/h1,4-17,19,24,26,29,39-40H,18H2,2H3,(H2,35,36,37,41)/t24-,26-,29+,31-/m1/s1. The highest BCUT2D eigenvalue weighted by molar-refractivity contribution is 5.72. The first-order valence-electron chi connectivity index (χ1n) is 13.5. The van der Waals surface area contributed by atoms with E-state index in [9.17, 15) is 15.0 Å². The van der Waals surface area contributed by atoms with Crippen LogP contribution in [-0.2, 0) is 10.3 Å². The number of methoxy groups -OCH3 is 1. The molecule has 2 aromatic heterocycles. The third kappa shape index (κ3) is 4.53. The average Bonchev–Trinajstić information content (AvgIpc) is 3.59. The largest absolute Gasteiger partial charge is 0.497 e. The normalized spacial score (nSPS) is 21.9. The number of aromatic amines is 1. The lowest BCUT2D eigenvalue weighted by atomic mass is 9.77. The van der Waals surface area contributed by atoms with Gasteiger partial charge in [0.05, 0.1) is 20.0 Å². The van der Waals surface area contributed by atoms with Crippen LogP contribution in [-0.4, -0.2) is 61.3 Å². The van der Waals surface area contributed by atoms with Crippen molar-refractivity contribution in [3.05, 3.63) is 118 Å². The number of H-pyrrole nitrogens is 1. The van der Waals surface area contributed by atoms with Crippen LogP contribution in [0.3, 0.4) is 0 Å². The van der Waals surface area contributed by atoms with Crippen molar-refractivity contribution in [3.8, 4) is 18.1 Å². The van der Waals surface area contributed by atoms with E-state index in [1.807, 2.05) is 90.8 Å². The van der Waals surface area contributed by atoms with Crippen LogP contribution in [0.1, 0.15) is 22.9 Å². The van der Waals surface area contributed by atoms with E-state index in [-0.39, 0.29) is 17.1 Å². The molecular formula is C32H28FN5O5. The molecule has 3 aromatic carbocycles. The van der Waals surface area contributed by atoms with Crippen LogP contribution in [0.5, 0.6) is 5.75 Å². The Morgan fingerprint density at radius 1 is 1.09 bits per heavy atom. The smallest absolute Gasteiger partial charge is 0.280 e. The van der Waals surface area contributed by atoms with Crippen molar-refractivity contribution in [1.82, 2.24) is 19.5 Å². The number of fused-ring (bicyclic) bond motifs is 1. The van der Waals surface area contributed by atoms with Gasteiger partial charge in [-0.05, 0) is 28.8 Å². The fourth-order valence-corrected chi connectivity index (χ4v) is 5.59. The SMILES string of the molecule is C#C[C@@]1(F)[C@H](O)[C@@H](CO)O[C@@H]1n1cnc2c(=O)[nH]c(NC(c3ccccc3)(c3ccccc3)c3ccc(OC)cc3)nc21. The second-order valence-corrected chi connectivity index (χ2v) is 10.1. The monoisotopic (exact) mass is 581 g/mol. The molecule has 0 spiro atoms. The molecule has 3 heterocycles. The summed E-state index contributed by atoms with van der Waals surface area (Å²) in [5.41, 5.74) is -2.04. The number of terminal acetylenes is 1. The van der Waals surface area contributed by atoms with Gasteiger partial charge < -0.3 is 25.0 Å². The van der Waals surface area contributed by atoms with Gasteiger partial charge >= 0.3 is 0 Å². The van der Waals surface area contributed by atoms with Crippen LogP contribution in [0, 0.1) is 12.3 Å². The van der Waals surface area contributed by atoms with Gasteiger partial charge in [-0.15, -0.1) is 6.42 Å². The maximum atomic E-state index is 15.9. The van der Waals surface area contributed by atoms with E-state index in [4.69, 9.17) is 15.9 Å². The number of nitrogens with zero attached hydrogens (tertiary/aromatic N) is 3. The number of anilines is 1. The molecule has 0 saturated carbocycles. The van der Waals surface area contributed by atoms with Crippen molar-refractivity contribution in [3.63, 3.8) is 0 Å². The van der Waals surface area contributed by atoms with Gasteiger partial charge in [0.2, 0.25) is 11.6 Å². The van der Waals surface area contributed by atoms with Crippen LogP contribution < -0.4 is 15.6 Å². The number of benzene rings is 3. The Morgan fingerprint density at radius 2 is 1.70 bits per heavy atom. The van der Waals surface area contributed by atoms with E-state index < -0.39 is 41.8 Å². The fourth-order valence-electron chi connectivity index (χ4n) is 5.59. The van der Waals surface area contributed by atoms with Crippen molar-refractivity contribution in [1.29, 1.82) is 0 Å². The lowest BCUT2D eigenvalue weighted by Gasteiger charge is -2.37. The lowest BCUT2D eigenvalue weighted by Crippen LogP contribution is -2.42. The lowest BCUT2D eigenvalue weighted by molar-refractivity contribution is -0.0504. The van der Waals surface area contributed by atoms with Crippen molar-refractivity contribution in [2.75, 3.05) is 19.0 Å². The molecule has 43 heavy (non-hydrogen) atoms. The number of aliphatic hydroxyl groups is 2.